The molecular weight excluding hydrogens is 529 g/mol. The summed E-state index contributed by atoms with van der Waals surface area (Å²) in [5, 5.41) is 3.51. The Bertz CT molecular complexity index is 1770. The number of amides is 1. The molecule has 3 N–H and O–H groups in total. The Morgan fingerprint density at radius 2 is 1.61 bits per heavy atom. The van der Waals surface area contributed by atoms with Crippen molar-refractivity contribution in [2.45, 2.75) is 26.1 Å². The van der Waals surface area contributed by atoms with Crippen LogP contribution < -0.4 is 11.1 Å². The minimum Gasteiger partial charge on any atom is -0.383 e. The van der Waals surface area contributed by atoms with E-state index in [0.717, 1.165) is 23.3 Å². The number of hydrogen-bond donors (Lipinski definition) is 2. The Labute approximate surface area is 234 Å². The Kier molecular flexibility index (Phi) is 7.28. The second-order valence-electron chi connectivity index (χ2n) is 9.74. The summed E-state index contributed by atoms with van der Waals surface area (Å²) in [4.78, 5) is 35.3. The standard InChI is InChI=1S/C32H25F3N4O2/c1-18-5-7-20(8-6-18)19(2)38-31(41)22-11-14-27-23(16-22)17-26(30(36)39-27)29(40)25-4-3-15-37-28(25)21-9-12-24(13-10-21)32(33,34)35/h3-17,19H,1-2H3,(H2,36,39)(H,38,41). The van der Waals surface area contributed by atoms with Crippen LogP contribution in [0.2, 0.25) is 0 Å². The van der Waals surface area contributed by atoms with Gasteiger partial charge >= 0.3 is 6.18 Å². The second-order valence-corrected chi connectivity index (χ2v) is 9.74. The van der Waals surface area contributed by atoms with Gasteiger partial charge in [-0.05, 0) is 67.9 Å². The van der Waals surface area contributed by atoms with Crippen molar-refractivity contribution in [1.82, 2.24) is 15.3 Å². The molecule has 206 valence electrons. The molecule has 2 aromatic heterocycles. The monoisotopic (exact) mass is 554 g/mol. The van der Waals surface area contributed by atoms with Crippen LogP contribution in [0, 0.1) is 6.92 Å². The van der Waals surface area contributed by atoms with E-state index in [4.69, 9.17) is 5.73 Å². The summed E-state index contributed by atoms with van der Waals surface area (Å²) >= 11 is 0. The summed E-state index contributed by atoms with van der Waals surface area (Å²) in [6.45, 7) is 3.89. The molecule has 0 fully saturated rings. The van der Waals surface area contributed by atoms with Gasteiger partial charge in [0.15, 0.2) is 5.78 Å². The van der Waals surface area contributed by atoms with Crippen molar-refractivity contribution in [3.8, 4) is 11.3 Å². The molecule has 2 heterocycles. The van der Waals surface area contributed by atoms with Crippen LogP contribution in [0.25, 0.3) is 22.2 Å². The van der Waals surface area contributed by atoms with Gasteiger partial charge in [0.2, 0.25) is 0 Å². The quantitative estimate of drug-likeness (QED) is 0.222. The lowest BCUT2D eigenvalue weighted by atomic mass is 9.96. The molecule has 3 aromatic carbocycles. The number of aromatic nitrogens is 2. The van der Waals surface area contributed by atoms with Gasteiger partial charge in [0.25, 0.3) is 5.91 Å². The van der Waals surface area contributed by atoms with Crippen molar-refractivity contribution in [2.24, 2.45) is 0 Å². The molecule has 0 spiro atoms. The van der Waals surface area contributed by atoms with E-state index in [-0.39, 0.29) is 34.6 Å². The summed E-state index contributed by atoms with van der Waals surface area (Å²) in [5.41, 5.74) is 9.12. The van der Waals surface area contributed by atoms with Crippen LogP contribution in [-0.2, 0) is 6.18 Å². The third-order valence-electron chi connectivity index (χ3n) is 6.81. The van der Waals surface area contributed by atoms with Crippen molar-refractivity contribution < 1.29 is 22.8 Å². The van der Waals surface area contributed by atoms with E-state index in [9.17, 15) is 22.8 Å². The van der Waals surface area contributed by atoms with E-state index >= 15 is 0 Å². The molecule has 0 aliphatic rings. The van der Waals surface area contributed by atoms with Gasteiger partial charge in [0.1, 0.15) is 5.82 Å². The van der Waals surface area contributed by atoms with Crippen LogP contribution in [0.1, 0.15) is 55.9 Å². The number of halogens is 3. The van der Waals surface area contributed by atoms with Gasteiger partial charge in [-0.3, -0.25) is 14.6 Å². The Hall–Kier alpha value is -5.05. The number of nitrogens with zero attached hydrogens (tertiary/aromatic N) is 2. The first-order chi connectivity index (χ1) is 19.5. The van der Waals surface area contributed by atoms with Crippen molar-refractivity contribution in [3.05, 3.63) is 125 Å². The molecular formula is C32H25F3N4O2. The first-order valence-electron chi connectivity index (χ1n) is 12.8. The highest BCUT2D eigenvalue weighted by Crippen LogP contribution is 2.32. The number of rotatable bonds is 6. The van der Waals surface area contributed by atoms with Gasteiger partial charge in [-0.25, -0.2) is 4.98 Å². The zero-order chi connectivity index (χ0) is 29.3. The van der Waals surface area contributed by atoms with Crippen molar-refractivity contribution in [1.29, 1.82) is 0 Å². The molecule has 9 heteroatoms. The van der Waals surface area contributed by atoms with Gasteiger partial charge in [-0.2, -0.15) is 13.2 Å². The third kappa shape index (κ3) is 5.79. The van der Waals surface area contributed by atoms with Crippen molar-refractivity contribution in [2.75, 3.05) is 5.73 Å². The second kappa shape index (κ2) is 10.8. The van der Waals surface area contributed by atoms with Crippen LogP contribution in [-0.4, -0.2) is 21.7 Å². The van der Waals surface area contributed by atoms with Gasteiger partial charge in [0.05, 0.1) is 28.4 Å². The number of fused-ring (bicyclic) bond motifs is 1. The number of benzene rings is 3. The van der Waals surface area contributed by atoms with E-state index in [2.05, 4.69) is 15.3 Å². The zero-order valence-corrected chi connectivity index (χ0v) is 22.2. The average molecular weight is 555 g/mol. The molecule has 1 atom stereocenters. The van der Waals surface area contributed by atoms with Gasteiger partial charge < -0.3 is 11.1 Å². The normalized spacial score (nSPS) is 12.2. The summed E-state index contributed by atoms with van der Waals surface area (Å²) in [6, 6.07) is 21.7. The highest BCUT2D eigenvalue weighted by molar-refractivity contribution is 6.16. The van der Waals surface area contributed by atoms with E-state index in [1.807, 2.05) is 38.1 Å². The van der Waals surface area contributed by atoms with Crippen molar-refractivity contribution in [3.63, 3.8) is 0 Å². The largest absolute Gasteiger partial charge is 0.416 e. The SMILES string of the molecule is Cc1ccc(C(C)NC(=O)c2ccc3nc(N)c(C(=O)c4cccnc4-c4ccc(C(F)(F)F)cc4)cc3c2)cc1. The molecule has 0 aliphatic carbocycles. The first-order valence-corrected chi connectivity index (χ1v) is 12.8. The first kappa shape index (κ1) is 27.5. The molecule has 0 bridgehead atoms. The Balaban J connectivity index is 1.45. The number of carbonyl (C=O) groups excluding carboxylic acids is 2. The number of alkyl halides is 3. The van der Waals surface area contributed by atoms with E-state index in [1.165, 1.54) is 24.4 Å². The lowest BCUT2D eigenvalue weighted by Crippen LogP contribution is -2.26. The van der Waals surface area contributed by atoms with Crippen LogP contribution in [0.4, 0.5) is 19.0 Å². The maximum atomic E-state index is 13.7. The number of ketones is 1. The summed E-state index contributed by atoms with van der Waals surface area (Å²) < 4.78 is 39.1. The number of nitrogens with one attached hydrogen (secondary N) is 1. The highest BCUT2D eigenvalue weighted by atomic mass is 19.4. The van der Waals surface area contributed by atoms with Gasteiger partial charge in [0, 0.05) is 28.3 Å². The fourth-order valence-corrected chi connectivity index (χ4v) is 4.51. The number of carbonyl (C=O) groups is 2. The number of pyridine rings is 2. The van der Waals surface area contributed by atoms with E-state index in [1.54, 1.807) is 30.3 Å². The molecule has 41 heavy (non-hydrogen) atoms. The number of aryl methyl sites for hydroxylation is 1. The summed E-state index contributed by atoms with van der Waals surface area (Å²) in [5.74, 6) is -0.806. The Morgan fingerprint density at radius 1 is 0.902 bits per heavy atom. The molecule has 6 nitrogen and oxygen atoms in total. The highest BCUT2D eigenvalue weighted by Gasteiger charge is 2.30. The lowest BCUT2D eigenvalue weighted by molar-refractivity contribution is -0.137. The summed E-state index contributed by atoms with van der Waals surface area (Å²) in [7, 11) is 0. The molecule has 0 aliphatic heterocycles. The van der Waals surface area contributed by atoms with Crippen LogP contribution in [0.5, 0.6) is 0 Å². The Morgan fingerprint density at radius 3 is 2.29 bits per heavy atom. The maximum absolute atomic E-state index is 13.7. The molecule has 1 unspecified atom stereocenters. The van der Waals surface area contributed by atoms with Crippen LogP contribution >= 0.6 is 0 Å². The maximum Gasteiger partial charge on any atom is 0.416 e. The van der Waals surface area contributed by atoms with E-state index < -0.39 is 17.5 Å². The predicted octanol–water partition coefficient (Wildman–Crippen LogP) is 6.93. The van der Waals surface area contributed by atoms with Crippen LogP contribution in [0.3, 0.4) is 0 Å². The number of hydrogen-bond acceptors (Lipinski definition) is 5. The molecule has 5 aromatic rings. The minimum atomic E-state index is -4.49. The van der Waals surface area contributed by atoms with Crippen LogP contribution in [0.15, 0.2) is 91.1 Å². The molecule has 1 amide bonds. The molecule has 0 saturated carbocycles. The van der Waals surface area contributed by atoms with Crippen molar-refractivity contribution >= 4 is 28.4 Å². The number of nitrogens with two attached hydrogens (primary N) is 1. The molecule has 0 saturated heterocycles. The van der Waals surface area contributed by atoms with E-state index in [0.29, 0.717) is 22.0 Å². The smallest absolute Gasteiger partial charge is 0.383 e. The average Bonchev–Trinajstić information content (AvgIpc) is 2.96. The lowest BCUT2D eigenvalue weighted by Gasteiger charge is -2.15. The summed E-state index contributed by atoms with van der Waals surface area (Å²) in [6.07, 6.45) is -3.03. The predicted molar refractivity (Wildman–Crippen MR) is 151 cm³/mol. The fraction of sp³-hybridized carbons (Fsp3) is 0.125. The number of anilines is 1. The molecule has 5 rings (SSSR count). The van der Waals surface area contributed by atoms with Gasteiger partial charge in [-0.15, -0.1) is 0 Å². The zero-order valence-electron chi connectivity index (χ0n) is 22.2. The topological polar surface area (TPSA) is 98.0 Å². The number of nitrogen functional groups attached to an aromatic ring is 1. The van der Waals surface area contributed by atoms with Gasteiger partial charge in [-0.1, -0.05) is 42.0 Å². The third-order valence-corrected chi connectivity index (χ3v) is 6.81. The minimum absolute atomic E-state index is 0.0186. The molecule has 0 radical (unpaired) electrons. The fourth-order valence-electron chi connectivity index (χ4n) is 4.51.